The van der Waals surface area contributed by atoms with Gasteiger partial charge in [0.1, 0.15) is 0 Å². The lowest BCUT2D eigenvalue weighted by atomic mass is 9.96. The molecule has 1 atom stereocenters. The Bertz CT molecular complexity index is 417. The lowest BCUT2D eigenvalue weighted by Crippen LogP contribution is -2.35. The molecule has 1 aromatic carbocycles. The van der Waals surface area contributed by atoms with E-state index in [1.807, 2.05) is 0 Å². The summed E-state index contributed by atoms with van der Waals surface area (Å²) < 4.78 is 37.6. The van der Waals surface area contributed by atoms with Crippen molar-refractivity contribution in [3.05, 3.63) is 23.3 Å². The monoisotopic (exact) mass is 271 g/mol. The standard InChI is InChI=1S/C14H19F2NO2/c1-18-13-10(7-9-5-3-4-6-17-9)14(19-2)12(16)8-11(13)15/h8-9,17H,3-7H2,1-2H3. The highest BCUT2D eigenvalue weighted by Crippen LogP contribution is 2.35. The molecule has 1 aliphatic heterocycles. The SMILES string of the molecule is COc1c(F)cc(F)c(OC)c1CC1CCCCN1. The minimum atomic E-state index is -0.688. The molecule has 106 valence electrons. The van der Waals surface area contributed by atoms with E-state index in [0.717, 1.165) is 31.9 Å². The number of hydrogen-bond donors (Lipinski definition) is 1. The van der Waals surface area contributed by atoms with E-state index in [-0.39, 0.29) is 17.5 Å². The van der Waals surface area contributed by atoms with Gasteiger partial charge >= 0.3 is 0 Å². The zero-order valence-electron chi connectivity index (χ0n) is 11.3. The minimum Gasteiger partial charge on any atom is -0.493 e. The molecular formula is C14H19F2NO2. The van der Waals surface area contributed by atoms with Crippen molar-refractivity contribution in [3.63, 3.8) is 0 Å². The topological polar surface area (TPSA) is 30.5 Å². The predicted octanol–water partition coefficient (Wildman–Crippen LogP) is 2.67. The first kappa shape index (κ1) is 14.1. The van der Waals surface area contributed by atoms with Crippen LogP contribution in [-0.4, -0.2) is 26.8 Å². The molecule has 0 aromatic heterocycles. The summed E-state index contributed by atoms with van der Waals surface area (Å²) in [6.07, 6.45) is 3.76. The number of piperidine rings is 1. The van der Waals surface area contributed by atoms with E-state index >= 15 is 0 Å². The summed E-state index contributed by atoms with van der Waals surface area (Å²) in [7, 11) is 2.76. The van der Waals surface area contributed by atoms with Crippen LogP contribution in [0, 0.1) is 11.6 Å². The zero-order chi connectivity index (χ0) is 13.8. The van der Waals surface area contributed by atoms with Gasteiger partial charge in [-0.25, -0.2) is 8.78 Å². The number of halogens is 2. The number of methoxy groups -OCH3 is 2. The Kier molecular flexibility index (Phi) is 4.58. The fourth-order valence-corrected chi connectivity index (χ4v) is 2.61. The van der Waals surface area contributed by atoms with Gasteiger partial charge in [0.2, 0.25) is 0 Å². The van der Waals surface area contributed by atoms with E-state index in [1.165, 1.54) is 14.2 Å². The molecule has 2 rings (SSSR count). The normalized spacial score (nSPS) is 19.3. The van der Waals surface area contributed by atoms with E-state index < -0.39 is 11.6 Å². The third-order valence-corrected chi connectivity index (χ3v) is 3.51. The zero-order valence-corrected chi connectivity index (χ0v) is 11.3. The van der Waals surface area contributed by atoms with Crippen LogP contribution in [0.5, 0.6) is 11.5 Å². The van der Waals surface area contributed by atoms with Crippen molar-refractivity contribution in [3.8, 4) is 11.5 Å². The van der Waals surface area contributed by atoms with E-state index in [1.54, 1.807) is 0 Å². The van der Waals surface area contributed by atoms with Gasteiger partial charge < -0.3 is 14.8 Å². The van der Waals surface area contributed by atoms with Crippen LogP contribution in [0.15, 0.2) is 6.07 Å². The fraction of sp³-hybridized carbons (Fsp3) is 0.571. The van der Waals surface area contributed by atoms with Crippen LogP contribution in [0.2, 0.25) is 0 Å². The average molecular weight is 271 g/mol. The first-order valence-electron chi connectivity index (χ1n) is 6.49. The second kappa shape index (κ2) is 6.19. The Hall–Kier alpha value is -1.36. The van der Waals surface area contributed by atoms with Gasteiger partial charge in [-0.15, -0.1) is 0 Å². The predicted molar refractivity (Wildman–Crippen MR) is 68.8 cm³/mol. The van der Waals surface area contributed by atoms with Crippen LogP contribution in [0.1, 0.15) is 24.8 Å². The number of hydrogen-bond acceptors (Lipinski definition) is 3. The van der Waals surface area contributed by atoms with Crippen molar-refractivity contribution in [1.29, 1.82) is 0 Å². The molecular weight excluding hydrogens is 252 g/mol. The van der Waals surface area contributed by atoms with Crippen molar-refractivity contribution in [2.45, 2.75) is 31.7 Å². The number of benzene rings is 1. The molecule has 0 bridgehead atoms. The lowest BCUT2D eigenvalue weighted by Gasteiger charge is -2.25. The van der Waals surface area contributed by atoms with E-state index in [4.69, 9.17) is 9.47 Å². The molecule has 1 heterocycles. The molecule has 1 saturated heterocycles. The van der Waals surface area contributed by atoms with Crippen molar-refractivity contribution >= 4 is 0 Å². The van der Waals surface area contributed by atoms with Crippen LogP contribution in [-0.2, 0) is 6.42 Å². The third kappa shape index (κ3) is 2.97. The van der Waals surface area contributed by atoms with E-state index in [2.05, 4.69) is 5.32 Å². The van der Waals surface area contributed by atoms with Gasteiger partial charge in [0.15, 0.2) is 23.1 Å². The van der Waals surface area contributed by atoms with Crippen LogP contribution in [0.3, 0.4) is 0 Å². The molecule has 0 spiro atoms. The summed E-state index contributed by atoms with van der Waals surface area (Å²) in [6.45, 7) is 0.938. The molecule has 0 aliphatic carbocycles. The molecule has 1 N–H and O–H groups in total. The average Bonchev–Trinajstić information content (AvgIpc) is 2.40. The number of nitrogens with one attached hydrogen (secondary N) is 1. The summed E-state index contributed by atoms with van der Waals surface area (Å²) in [4.78, 5) is 0. The van der Waals surface area contributed by atoms with Crippen LogP contribution in [0.4, 0.5) is 8.78 Å². The maximum atomic E-state index is 13.7. The van der Waals surface area contributed by atoms with Crippen molar-refractivity contribution in [2.75, 3.05) is 20.8 Å². The van der Waals surface area contributed by atoms with Crippen molar-refractivity contribution < 1.29 is 18.3 Å². The lowest BCUT2D eigenvalue weighted by molar-refractivity contribution is 0.336. The number of rotatable bonds is 4. The highest BCUT2D eigenvalue weighted by molar-refractivity contribution is 5.47. The molecule has 0 radical (unpaired) electrons. The van der Waals surface area contributed by atoms with Gasteiger partial charge in [0.05, 0.1) is 14.2 Å². The van der Waals surface area contributed by atoms with Gasteiger partial charge in [-0.3, -0.25) is 0 Å². The Morgan fingerprint density at radius 1 is 1.16 bits per heavy atom. The van der Waals surface area contributed by atoms with Crippen molar-refractivity contribution in [1.82, 2.24) is 5.32 Å². The molecule has 1 aliphatic rings. The molecule has 1 unspecified atom stereocenters. The fourth-order valence-electron chi connectivity index (χ4n) is 2.61. The van der Waals surface area contributed by atoms with Crippen LogP contribution < -0.4 is 14.8 Å². The molecule has 3 nitrogen and oxygen atoms in total. The Labute approximate surface area is 111 Å². The first-order chi connectivity index (χ1) is 9.17. The van der Waals surface area contributed by atoms with Crippen LogP contribution in [0.25, 0.3) is 0 Å². The minimum absolute atomic E-state index is 0.0747. The van der Waals surface area contributed by atoms with Gasteiger partial charge in [-0.05, 0) is 25.8 Å². The Morgan fingerprint density at radius 3 is 2.26 bits per heavy atom. The smallest absolute Gasteiger partial charge is 0.168 e. The van der Waals surface area contributed by atoms with Crippen LogP contribution >= 0.6 is 0 Å². The molecule has 1 fully saturated rings. The maximum Gasteiger partial charge on any atom is 0.168 e. The third-order valence-electron chi connectivity index (χ3n) is 3.51. The van der Waals surface area contributed by atoms with Gasteiger partial charge in [-0.2, -0.15) is 0 Å². The first-order valence-corrected chi connectivity index (χ1v) is 6.49. The largest absolute Gasteiger partial charge is 0.493 e. The molecule has 5 heteroatoms. The summed E-state index contributed by atoms with van der Waals surface area (Å²) in [5, 5.41) is 3.35. The quantitative estimate of drug-likeness (QED) is 0.913. The molecule has 0 saturated carbocycles. The molecule has 1 aromatic rings. The highest BCUT2D eigenvalue weighted by Gasteiger charge is 2.23. The van der Waals surface area contributed by atoms with Crippen molar-refractivity contribution in [2.24, 2.45) is 0 Å². The van der Waals surface area contributed by atoms with Gasteiger partial charge in [0, 0.05) is 17.7 Å². The van der Waals surface area contributed by atoms with E-state index in [0.29, 0.717) is 12.0 Å². The molecule has 0 amide bonds. The van der Waals surface area contributed by atoms with Gasteiger partial charge in [0.25, 0.3) is 0 Å². The Morgan fingerprint density at radius 2 is 1.79 bits per heavy atom. The summed E-state index contributed by atoms with van der Waals surface area (Å²) in [6, 6.07) is 1.01. The maximum absolute atomic E-state index is 13.7. The summed E-state index contributed by atoms with van der Waals surface area (Å²) in [5.74, 6) is -1.23. The van der Waals surface area contributed by atoms with E-state index in [9.17, 15) is 8.78 Å². The van der Waals surface area contributed by atoms with Gasteiger partial charge in [-0.1, -0.05) is 6.42 Å². The summed E-state index contributed by atoms with van der Waals surface area (Å²) >= 11 is 0. The second-order valence-electron chi connectivity index (χ2n) is 4.74. The highest BCUT2D eigenvalue weighted by atomic mass is 19.1. The Balaban J connectivity index is 2.34. The summed E-state index contributed by atoms with van der Waals surface area (Å²) in [5.41, 5.74) is 0.460. The number of ether oxygens (including phenoxy) is 2. The second-order valence-corrected chi connectivity index (χ2v) is 4.74. The molecule has 19 heavy (non-hydrogen) atoms.